The van der Waals surface area contributed by atoms with Gasteiger partial charge in [-0.3, -0.25) is 9.97 Å². The molecule has 0 bridgehead atoms. The summed E-state index contributed by atoms with van der Waals surface area (Å²) in [6, 6.07) is 5.00. The molecular formula is C21H23FN6O2. The van der Waals surface area contributed by atoms with Crippen molar-refractivity contribution in [1.82, 2.24) is 19.9 Å². The number of ether oxygens (including phenoxy) is 1. The molecule has 2 aromatic heterocycles. The highest BCUT2D eigenvalue weighted by Gasteiger charge is 2.33. The second-order valence-electron chi connectivity index (χ2n) is 7.36. The molecule has 30 heavy (non-hydrogen) atoms. The number of halogens is 1. The highest BCUT2D eigenvalue weighted by atomic mass is 19.1. The Morgan fingerprint density at radius 2 is 2.00 bits per heavy atom. The van der Waals surface area contributed by atoms with Crippen LogP contribution in [0.25, 0.3) is 0 Å². The lowest BCUT2D eigenvalue weighted by Gasteiger charge is -2.35. The molecule has 1 aliphatic rings. The van der Waals surface area contributed by atoms with E-state index in [-0.39, 0.29) is 24.8 Å². The number of nitrogens with one attached hydrogen (secondary N) is 1. The van der Waals surface area contributed by atoms with Crippen molar-refractivity contribution in [1.29, 1.82) is 0 Å². The molecule has 0 radical (unpaired) electrons. The molecule has 1 fully saturated rings. The van der Waals surface area contributed by atoms with Crippen LogP contribution < -0.4 is 15.8 Å². The SMILES string of the molecule is Nc1cnc(C2CC(c3ccc(OCC(O)CNc4cnccn4)c(F)c3)C2)cn1. The van der Waals surface area contributed by atoms with E-state index in [2.05, 4.69) is 25.3 Å². The molecule has 1 unspecified atom stereocenters. The number of nitrogens with zero attached hydrogens (tertiary/aromatic N) is 4. The zero-order chi connectivity index (χ0) is 20.9. The minimum absolute atomic E-state index is 0.0369. The molecular weight excluding hydrogens is 387 g/mol. The number of rotatable bonds is 8. The second kappa shape index (κ2) is 9.00. The lowest BCUT2D eigenvalue weighted by atomic mass is 9.70. The molecule has 9 heteroatoms. The lowest BCUT2D eigenvalue weighted by Crippen LogP contribution is -2.27. The summed E-state index contributed by atoms with van der Waals surface area (Å²) in [4.78, 5) is 16.4. The van der Waals surface area contributed by atoms with E-state index in [1.807, 2.05) is 6.07 Å². The summed E-state index contributed by atoms with van der Waals surface area (Å²) >= 11 is 0. The molecule has 0 aliphatic heterocycles. The maximum absolute atomic E-state index is 14.5. The minimum atomic E-state index is -0.820. The molecule has 0 amide bonds. The predicted molar refractivity (Wildman–Crippen MR) is 110 cm³/mol. The average Bonchev–Trinajstić information content (AvgIpc) is 2.73. The fourth-order valence-corrected chi connectivity index (χ4v) is 3.44. The van der Waals surface area contributed by atoms with Crippen LogP contribution in [0.1, 0.15) is 35.9 Å². The van der Waals surface area contributed by atoms with Gasteiger partial charge in [0.15, 0.2) is 11.6 Å². The third-order valence-electron chi connectivity index (χ3n) is 5.19. The molecule has 1 atom stereocenters. The van der Waals surface area contributed by atoms with Gasteiger partial charge in [0.25, 0.3) is 0 Å². The van der Waals surface area contributed by atoms with Gasteiger partial charge in [-0.25, -0.2) is 14.4 Å². The summed E-state index contributed by atoms with van der Waals surface area (Å²) in [6.07, 6.45) is 8.90. The number of nitrogen functional groups attached to an aromatic ring is 1. The maximum Gasteiger partial charge on any atom is 0.165 e. The van der Waals surface area contributed by atoms with Crippen LogP contribution in [0.4, 0.5) is 16.0 Å². The Morgan fingerprint density at radius 3 is 2.70 bits per heavy atom. The first-order valence-corrected chi connectivity index (χ1v) is 9.76. The van der Waals surface area contributed by atoms with Crippen molar-refractivity contribution in [2.75, 3.05) is 24.2 Å². The Labute approximate surface area is 173 Å². The number of aromatic nitrogens is 4. The Bertz CT molecular complexity index is 967. The zero-order valence-electron chi connectivity index (χ0n) is 16.3. The highest BCUT2D eigenvalue weighted by molar-refractivity contribution is 5.34. The molecule has 3 aromatic rings. The molecule has 1 saturated carbocycles. The summed E-state index contributed by atoms with van der Waals surface area (Å²) < 4.78 is 19.9. The van der Waals surface area contributed by atoms with Crippen LogP contribution in [0.15, 0.2) is 49.2 Å². The van der Waals surface area contributed by atoms with Crippen LogP contribution in [0.3, 0.4) is 0 Å². The molecule has 0 spiro atoms. The Morgan fingerprint density at radius 1 is 1.13 bits per heavy atom. The number of anilines is 2. The maximum atomic E-state index is 14.5. The first-order valence-electron chi connectivity index (χ1n) is 9.76. The van der Waals surface area contributed by atoms with Crippen molar-refractivity contribution in [2.24, 2.45) is 0 Å². The summed E-state index contributed by atoms with van der Waals surface area (Å²) in [5.74, 6) is 1.24. The Balaban J connectivity index is 1.26. The summed E-state index contributed by atoms with van der Waals surface area (Å²) in [6.45, 7) is 0.181. The van der Waals surface area contributed by atoms with Gasteiger partial charge in [-0.05, 0) is 36.5 Å². The normalized spacial score (nSPS) is 19.0. The summed E-state index contributed by atoms with van der Waals surface area (Å²) in [7, 11) is 0. The van der Waals surface area contributed by atoms with Gasteiger partial charge in [0, 0.05) is 24.9 Å². The van der Waals surface area contributed by atoms with E-state index < -0.39 is 11.9 Å². The second-order valence-corrected chi connectivity index (χ2v) is 7.36. The number of nitrogens with two attached hydrogens (primary N) is 1. The van der Waals surface area contributed by atoms with E-state index in [9.17, 15) is 9.50 Å². The van der Waals surface area contributed by atoms with Crippen molar-refractivity contribution in [3.8, 4) is 5.75 Å². The quantitative estimate of drug-likeness (QED) is 0.518. The fraction of sp³-hybridized carbons (Fsp3) is 0.333. The highest BCUT2D eigenvalue weighted by Crippen LogP contribution is 2.47. The third-order valence-corrected chi connectivity index (χ3v) is 5.19. The van der Waals surface area contributed by atoms with Crippen LogP contribution in [-0.4, -0.2) is 44.3 Å². The topological polar surface area (TPSA) is 119 Å². The molecule has 1 aromatic carbocycles. The van der Waals surface area contributed by atoms with Crippen LogP contribution in [0.2, 0.25) is 0 Å². The number of benzene rings is 1. The number of aliphatic hydroxyl groups is 1. The minimum Gasteiger partial charge on any atom is -0.488 e. The van der Waals surface area contributed by atoms with E-state index >= 15 is 0 Å². The van der Waals surface area contributed by atoms with Crippen LogP contribution in [0.5, 0.6) is 5.75 Å². The van der Waals surface area contributed by atoms with Crippen molar-refractivity contribution in [3.05, 3.63) is 66.3 Å². The van der Waals surface area contributed by atoms with Gasteiger partial charge in [-0.15, -0.1) is 0 Å². The monoisotopic (exact) mass is 410 g/mol. The first-order chi connectivity index (χ1) is 14.6. The number of aliphatic hydroxyl groups excluding tert-OH is 1. The van der Waals surface area contributed by atoms with E-state index in [4.69, 9.17) is 10.5 Å². The fourth-order valence-electron chi connectivity index (χ4n) is 3.44. The van der Waals surface area contributed by atoms with Gasteiger partial charge in [-0.2, -0.15) is 0 Å². The van der Waals surface area contributed by atoms with Gasteiger partial charge in [0.2, 0.25) is 0 Å². The molecule has 8 nitrogen and oxygen atoms in total. The van der Waals surface area contributed by atoms with Gasteiger partial charge in [-0.1, -0.05) is 6.07 Å². The molecule has 4 N–H and O–H groups in total. The van der Waals surface area contributed by atoms with Crippen molar-refractivity contribution in [2.45, 2.75) is 30.8 Å². The summed E-state index contributed by atoms with van der Waals surface area (Å²) in [5, 5.41) is 13.0. The largest absolute Gasteiger partial charge is 0.488 e. The standard InChI is InChI=1S/C21H23FN6O2/c22-17-7-13(14-5-15(6-14)18-9-27-20(23)10-26-18)1-2-19(17)30-12-16(29)8-28-21-11-24-3-4-25-21/h1-4,7,9-11,14-16,29H,5-6,8,12H2,(H2,23,27)(H,25,28). The number of hydrogen-bond donors (Lipinski definition) is 3. The van der Waals surface area contributed by atoms with Gasteiger partial charge in [0.1, 0.15) is 24.3 Å². The van der Waals surface area contributed by atoms with Gasteiger partial charge < -0.3 is 20.9 Å². The zero-order valence-corrected chi connectivity index (χ0v) is 16.3. The van der Waals surface area contributed by atoms with Gasteiger partial charge >= 0.3 is 0 Å². The van der Waals surface area contributed by atoms with Crippen molar-refractivity contribution < 1.29 is 14.2 Å². The van der Waals surface area contributed by atoms with Crippen LogP contribution in [-0.2, 0) is 0 Å². The first kappa shape index (κ1) is 20.0. The van der Waals surface area contributed by atoms with Crippen molar-refractivity contribution in [3.63, 3.8) is 0 Å². The van der Waals surface area contributed by atoms with Crippen molar-refractivity contribution >= 4 is 11.6 Å². The van der Waals surface area contributed by atoms with E-state index in [1.54, 1.807) is 37.1 Å². The predicted octanol–water partition coefficient (Wildman–Crippen LogP) is 2.50. The van der Waals surface area contributed by atoms with E-state index in [1.165, 1.54) is 6.07 Å². The van der Waals surface area contributed by atoms with E-state index in [0.29, 0.717) is 17.6 Å². The Kier molecular flexibility index (Phi) is 5.99. The number of hydrogen-bond acceptors (Lipinski definition) is 8. The van der Waals surface area contributed by atoms with Gasteiger partial charge in [0.05, 0.1) is 24.3 Å². The summed E-state index contributed by atoms with van der Waals surface area (Å²) in [5.41, 5.74) is 7.43. The smallest absolute Gasteiger partial charge is 0.165 e. The third kappa shape index (κ3) is 4.80. The van der Waals surface area contributed by atoms with Crippen LogP contribution in [0, 0.1) is 5.82 Å². The lowest BCUT2D eigenvalue weighted by molar-refractivity contribution is 0.115. The van der Waals surface area contributed by atoms with Crippen LogP contribution >= 0.6 is 0 Å². The Hall–Kier alpha value is -3.33. The molecule has 0 saturated heterocycles. The molecule has 2 heterocycles. The molecule has 156 valence electrons. The average molecular weight is 410 g/mol. The molecule has 1 aliphatic carbocycles. The van der Waals surface area contributed by atoms with E-state index in [0.717, 1.165) is 24.1 Å². The molecule has 4 rings (SSSR count).